The first-order valence-electron chi connectivity index (χ1n) is 8.21. The van der Waals surface area contributed by atoms with Crippen LogP contribution in [0.5, 0.6) is 5.75 Å². The molecular weight excluding hydrogens is 276 g/mol. The highest BCUT2D eigenvalue weighted by molar-refractivity contribution is 5.34. The molecule has 1 aromatic carbocycles. The maximum absolute atomic E-state index is 8.73. The number of likely N-dealkylation sites (tertiary alicyclic amines) is 1. The van der Waals surface area contributed by atoms with Gasteiger partial charge in [0.05, 0.1) is 37.9 Å². The summed E-state index contributed by atoms with van der Waals surface area (Å²) in [5.74, 6) is 2.45. The van der Waals surface area contributed by atoms with Crippen LogP contribution < -0.4 is 9.64 Å². The van der Waals surface area contributed by atoms with E-state index in [4.69, 9.17) is 14.7 Å². The molecule has 1 saturated heterocycles. The van der Waals surface area contributed by atoms with Crippen molar-refractivity contribution in [3.8, 4) is 11.8 Å². The van der Waals surface area contributed by atoms with Crippen molar-refractivity contribution in [1.82, 2.24) is 0 Å². The molecule has 0 radical (unpaired) electrons. The lowest BCUT2D eigenvalue weighted by atomic mass is 9.92. The molecule has 4 heteroatoms. The number of benzene rings is 1. The summed E-state index contributed by atoms with van der Waals surface area (Å²) in [6.07, 6.45) is 1.36. The Morgan fingerprint density at radius 1 is 1.09 bits per heavy atom. The topological polar surface area (TPSA) is 46.7 Å². The van der Waals surface area contributed by atoms with Gasteiger partial charge in [-0.3, -0.25) is 0 Å². The number of quaternary nitrogens is 1. The van der Waals surface area contributed by atoms with Crippen LogP contribution in [-0.4, -0.2) is 39.5 Å². The molecule has 1 aliphatic heterocycles. The normalized spacial score (nSPS) is 24.7. The number of hydrogen-bond donors (Lipinski definition) is 1. The van der Waals surface area contributed by atoms with Gasteiger partial charge in [-0.2, -0.15) is 5.26 Å². The molecule has 120 valence electrons. The molecule has 1 N–H and O–H groups in total. The summed E-state index contributed by atoms with van der Waals surface area (Å²) in [7, 11) is 0. The van der Waals surface area contributed by atoms with Gasteiger partial charge in [-0.1, -0.05) is 13.8 Å². The Bertz CT molecular complexity index is 471. The first-order valence-corrected chi connectivity index (χ1v) is 8.21. The molecule has 0 aromatic heterocycles. The van der Waals surface area contributed by atoms with Crippen LogP contribution in [0, 0.1) is 23.2 Å². The predicted octanol–water partition coefficient (Wildman–Crippen LogP) is 1.51. The minimum Gasteiger partial charge on any atom is -0.491 e. The summed E-state index contributed by atoms with van der Waals surface area (Å²) in [5.41, 5.74) is 0.650. The van der Waals surface area contributed by atoms with Crippen molar-refractivity contribution in [1.29, 1.82) is 5.26 Å². The third-order valence-corrected chi connectivity index (χ3v) is 4.16. The molecule has 22 heavy (non-hydrogen) atoms. The second kappa shape index (κ2) is 8.77. The zero-order chi connectivity index (χ0) is 15.8. The Labute approximate surface area is 133 Å². The van der Waals surface area contributed by atoms with Crippen LogP contribution in [0.25, 0.3) is 0 Å². The predicted molar refractivity (Wildman–Crippen MR) is 86.0 cm³/mol. The van der Waals surface area contributed by atoms with Gasteiger partial charge in [0.2, 0.25) is 0 Å². The standard InChI is InChI=1S/C18H26N2O2/c1-15-11-16(2)14-20(13-15)7-8-21-9-10-22-18-5-3-17(12-19)4-6-18/h3-6,15-16H,7-11,13-14H2,1-2H3/p+1/t15-,16-/m1/s1. The van der Waals surface area contributed by atoms with Gasteiger partial charge in [-0.15, -0.1) is 0 Å². The van der Waals surface area contributed by atoms with Gasteiger partial charge >= 0.3 is 0 Å². The van der Waals surface area contributed by atoms with Crippen LogP contribution in [0.2, 0.25) is 0 Å². The summed E-state index contributed by atoms with van der Waals surface area (Å²) in [5, 5.41) is 8.73. The molecule has 1 heterocycles. The molecule has 1 fully saturated rings. The van der Waals surface area contributed by atoms with Gasteiger partial charge in [0.25, 0.3) is 0 Å². The maximum atomic E-state index is 8.73. The van der Waals surface area contributed by atoms with E-state index in [1.807, 2.05) is 12.1 Å². The largest absolute Gasteiger partial charge is 0.491 e. The fourth-order valence-corrected chi connectivity index (χ4v) is 3.29. The smallest absolute Gasteiger partial charge is 0.119 e. The Morgan fingerprint density at radius 3 is 2.41 bits per heavy atom. The number of rotatable bonds is 7. The second-order valence-electron chi connectivity index (χ2n) is 6.45. The summed E-state index contributed by atoms with van der Waals surface area (Å²) in [4.78, 5) is 1.67. The molecule has 0 unspecified atom stereocenters. The number of piperidine rings is 1. The summed E-state index contributed by atoms with van der Waals surface area (Å²) in [6, 6.07) is 9.25. The van der Waals surface area contributed by atoms with Crippen molar-refractivity contribution in [2.75, 3.05) is 39.5 Å². The van der Waals surface area contributed by atoms with E-state index in [9.17, 15) is 0 Å². The van der Waals surface area contributed by atoms with Crippen LogP contribution in [0.15, 0.2) is 24.3 Å². The third kappa shape index (κ3) is 5.67. The lowest BCUT2D eigenvalue weighted by Crippen LogP contribution is -3.14. The van der Waals surface area contributed by atoms with Crippen LogP contribution in [0.1, 0.15) is 25.8 Å². The summed E-state index contributed by atoms with van der Waals surface area (Å²) >= 11 is 0. The van der Waals surface area contributed by atoms with E-state index in [1.165, 1.54) is 19.5 Å². The molecule has 0 aliphatic carbocycles. The monoisotopic (exact) mass is 303 g/mol. The molecule has 0 saturated carbocycles. The molecule has 0 spiro atoms. The van der Waals surface area contributed by atoms with Gasteiger partial charge in [0, 0.05) is 11.8 Å². The van der Waals surface area contributed by atoms with Crippen molar-refractivity contribution in [3.63, 3.8) is 0 Å². The van der Waals surface area contributed by atoms with Gasteiger partial charge in [-0.25, -0.2) is 0 Å². The van der Waals surface area contributed by atoms with Crippen molar-refractivity contribution in [2.45, 2.75) is 20.3 Å². The van der Waals surface area contributed by atoms with E-state index in [0.29, 0.717) is 18.8 Å². The van der Waals surface area contributed by atoms with Gasteiger partial charge in [0.15, 0.2) is 0 Å². The molecule has 2 atom stereocenters. The number of ether oxygens (including phenoxy) is 2. The van der Waals surface area contributed by atoms with Crippen molar-refractivity contribution >= 4 is 0 Å². The van der Waals surface area contributed by atoms with Gasteiger partial charge < -0.3 is 14.4 Å². The van der Waals surface area contributed by atoms with E-state index in [2.05, 4.69) is 19.9 Å². The Morgan fingerprint density at radius 2 is 1.77 bits per heavy atom. The SMILES string of the molecule is C[C@@H]1C[C@@H](C)C[NH+](CCOCCOc2ccc(C#N)cc2)C1. The van der Waals surface area contributed by atoms with Crippen molar-refractivity contribution in [2.24, 2.45) is 11.8 Å². The van der Waals surface area contributed by atoms with Crippen LogP contribution in [-0.2, 0) is 4.74 Å². The number of hydrogen-bond acceptors (Lipinski definition) is 3. The molecule has 1 aromatic rings. The third-order valence-electron chi connectivity index (χ3n) is 4.16. The van der Waals surface area contributed by atoms with Crippen LogP contribution >= 0.6 is 0 Å². The molecule has 0 bridgehead atoms. The van der Waals surface area contributed by atoms with Crippen molar-refractivity contribution < 1.29 is 14.4 Å². The minimum atomic E-state index is 0.550. The average Bonchev–Trinajstić information content (AvgIpc) is 2.50. The van der Waals surface area contributed by atoms with E-state index in [1.54, 1.807) is 17.0 Å². The number of nitriles is 1. The Hall–Kier alpha value is -1.57. The fourth-order valence-electron chi connectivity index (χ4n) is 3.29. The number of nitrogens with one attached hydrogen (secondary N) is 1. The van der Waals surface area contributed by atoms with Crippen molar-refractivity contribution in [3.05, 3.63) is 29.8 Å². The molecule has 0 amide bonds. The first kappa shape index (κ1) is 16.8. The fraction of sp³-hybridized carbons (Fsp3) is 0.611. The maximum Gasteiger partial charge on any atom is 0.119 e. The molecule has 4 nitrogen and oxygen atoms in total. The second-order valence-corrected chi connectivity index (χ2v) is 6.45. The Kier molecular flexibility index (Phi) is 6.70. The highest BCUT2D eigenvalue weighted by atomic mass is 16.5. The molecular formula is C18H27N2O2+. The zero-order valence-electron chi connectivity index (χ0n) is 13.7. The lowest BCUT2D eigenvalue weighted by Gasteiger charge is -2.31. The Balaban J connectivity index is 1.54. The quantitative estimate of drug-likeness (QED) is 0.777. The van der Waals surface area contributed by atoms with Gasteiger partial charge in [0.1, 0.15) is 18.9 Å². The highest BCUT2D eigenvalue weighted by Gasteiger charge is 2.24. The van der Waals surface area contributed by atoms with Crippen LogP contribution in [0.4, 0.5) is 0 Å². The summed E-state index contributed by atoms with van der Waals surface area (Å²) in [6.45, 7) is 10.3. The van der Waals surface area contributed by atoms with Gasteiger partial charge in [-0.05, 0) is 30.7 Å². The average molecular weight is 303 g/mol. The van der Waals surface area contributed by atoms with E-state index < -0.39 is 0 Å². The summed E-state index contributed by atoms with van der Waals surface area (Å²) < 4.78 is 11.3. The molecule has 2 rings (SSSR count). The minimum absolute atomic E-state index is 0.550. The highest BCUT2D eigenvalue weighted by Crippen LogP contribution is 2.12. The zero-order valence-corrected chi connectivity index (χ0v) is 13.7. The molecule has 1 aliphatic rings. The van der Waals surface area contributed by atoms with E-state index in [-0.39, 0.29) is 0 Å². The van der Waals surface area contributed by atoms with Crippen LogP contribution in [0.3, 0.4) is 0 Å². The van der Waals surface area contributed by atoms with E-state index >= 15 is 0 Å². The number of nitrogens with zero attached hydrogens (tertiary/aromatic N) is 1. The van der Waals surface area contributed by atoms with E-state index in [0.717, 1.165) is 30.7 Å². The first-order chi connectivity index (χ1) is 10.7. The lowest BCUT2D eigenvalue weighted by molar-refractivity contribution is -0.912.